The number of ether oxygens (including phenoxy) is 4. The molecular weight excluding hydrogens is 668 g/mol. The number of methoxy groups -OCH3 is 1. The average Bonchev–Trinajstić information content (AvgIpc) is 3.07. The highest BCUT2D eigenvalue weighted by Gasteiger charge is 2.50. The Morgan fingerprint density at radius 3 is 2.45 bits per heavy atom. The van der Waals surface area contributed by atoms with Crippen molar-refractivity contribution in [3.63, 3.8) is 0 Å². The molecule has 276 valence electrons. The van der Waals surface area contributed by atoms with Gasteiger partial charge in [0.1, 0.15) is 35.6 Å². The van der Waals surface area contributed by atoms with Gasteiger partial charge in [0.2, 0.25) is 5.78 Å². The molecule has 15 nitrogen and oxygen atoms in total. The zero-order valence-corrected chi connectivity index (χ0v) is 28.4. The van der Waals surface area contributed by atoms with E-state index in [-0.39, 0.29) is 40.5 Å². The summed E-state index contributed by atoms with van der Waals surface area (Å²) >= 11 is 0. The summed E-state index contributed by atoms with van der Waals surface area (Å²) in [5.74, 6) is -3.77. The second kappa shape index (κ2) is 15.5. The number of aliphatic hydroxyl groups is 3. The van der Waals surface area contributed by atoms with Gasteiger partial charge in [-0.15, -0.1) is 0 Å². The Bertz CT molecular complexity index is 1710. The third-order valence-electron chi connectivity index (χ3n) is 9.78. The summed E-state index contributed by atoms with van der Waals surface area (Å²) < 4.78 is 21.9. The zero-order chi connectivity index (χ0) is 37.2. The second-order valence-corrected chi connectivity index (χ2v) is 13.2. The number of hydrogen-bond donors (Lipinski definition) is 7. The van der Waals surface area contributed by atoms with Crippen LogP contribution in [0.15, 0.2) is 30.4 Å². The van der Waals surface area contributed by atoms with Gasteiger partial charge >= 0.3 is 6.09 Å². The number of ketones is 3. The highest BCUT2D eigenvalue weighted by Crippen LogP contribution is 2.52. The molecule has 1 amide bonds. The monoisotopic (exact) mass is 712 g/mol. The van der Waals surface area contributed by atoms with Gasteiger partial charge in [-0.25, -0.2) is 4.79 Å². The lowest BCUT2D eigenvalue weighted by Gasteiger charge is -2.42. The molecule has 51 heavy (non-hydrogen) atoms. The Labute approximate surface area is 293 Å². The van der Waals surface area contributed by atoms with Gasteiger partial charge in [0.05, 0.1) is 42.1 Å². The number of Topliss-reactive ketones (excluding diaryl/α,β-unsaturated/α-hetero) is 1. The van der Waals surface area contributed by atoms with Crippen LogP contribution in [0.5, 0.6) is 17.2 Å². The van der Waals surface area contributed by atoms with Crippen molar-refractivity contribution < 1.29 is 63.7 Å². The number of carbonyl (C=O) groups excluding carboxylic acids is 4. The first kappa shape index (κ1) is 37.9. The van der Waals surface area contributed by atoms with Crippen LogP contribution in [0.4, 0.5) is 4.79 Å². The fourth-order valence-electron chi connectivity index (χ4n) is 7.13. The molecule has 1 heterocycles. The molecule has 3 aliphatic carbocycles. The number of aliphatic hydroxyl groups excluding tert-OH is 2. The first-order valence-electron chi connectivity index (χ1n) is 16.8. The number of carbonyl (C=O) groups is 4. The topological polar surface area (TPSA) is 258 Å². The van der Waals surface area contributed by atoms with E-state index in [1.807, 2.05) is 6.08 Å². The predicted molar refractivity (Wildman–Crippen MR) is 178 cm³/mol. The number of phenols is 2. The van der Waals surface area contributed by atoms with Crippen molar-refractivity contribution in [2.24, 2.45) is 11.5 Å². The number of aromatic hydroxyl groups is 2. The quantitative estimate of drug-likeness (QED) is 0.142. The molecule has 1 aliphatic heterocycles. The summed E-state index contributed by atoms with van der Waals surface area (Å²) in [6.45, 7) is 0.560. The fraction of sp³-hybridized carbons (Fsp3) is 0.500. The molecule has 0 saturated carbocycles. The lowest BCUT2D eigenvalue weighted by molar-refractivity contribution is -0.247. The first-order valence-corrected chi connectivity index (χ1v) is 16.8. The van der Waals surface area contributed by atoms with Crippen LogP contribution in [0, 0.1) is 0 Å². The predicted octanol–water partition coefficient (Wildman–Crippen LogP) is 1.97. The molecule has 6 rings (SSSR count). The van der Waals surface area contributed by atoms with Gasteiger partial charge in [0.15, 0.2) is 17.9 Å². The van der Waals surface area contributed by atoms with E-state index in [0.29, 0.717) is 0 Å². The summed E-state index contributed by atoms with van der Waals surface area (Å²) in [5.41, 5.74) is 7.29. The minimum absolute atomic E-state index is 0.0173. The molecule has 4 aliphatic rings. The molecule has 1 fully saturated rings. The molecule has 7 atom stereocenters. The number of allylic oxidation sites excluding steroid dienone is 1. The van der Waals surface area contributed by atoms with Crippen LogP contribution in [0.25, 0.3) is 0 Å². The van der Waals surface area contributed by atoms with E-state index in [1.165, 1.54) is 38.2 Å². The normalized spacial score (nSPS) is 29.1. The summed E-state index contributed by atoms with van der Waals surface area (Å²) in [7, 11) is 1.32. The van der Waals surface area contributed by atoms with E-state index in [1.54, 1.807) is 6.92 Å². The number of phenolic OH excluding ortho intramolecular Hbond substituents is 2. The maximum Gasteiger partial charge on any atom is 0.405 e. The number of fused-ring (bicyclic) bond motifs is 3. The number of primary amides is 1. The van der Waals surface area contributed by atoms with Crippen molar-refractivity contribution in [3.05, 3.63) is 63.7 Å². The molecular formula is C36H44N2O13. The zero-order valence-electron chi connectivity index (χ0n) is 28.4. The Morgan fingerprint density at radius 1 is 1.06 bits per heavy atom. The molecule has 2 aromatic carbocycles. The number of nitrogens with two attached hydrogens (primary N) is 2. The minimum atomic E-state index is -2.24. The minimum Gasteiger partial charge on any atom is -0.507 e. The third-order valence-corrected chi connectivity index (χ3v) is 9.78. The van der Waals surface area contributed by atoms with Crippen LogP contribution < -0.4 is 16.2 Å². The van der Waals surface area contributed by atoms with Crippen molar-refractivity contribution in [2.75, 3.05) is 13.7 Å². The maximum atomic E-state index is 13.6. The van der Waals surface area contributed by atoms with Crippen molar-refractivity contribution in [1.29, 1.82) is 0 Å². The highest BCUT2D eigenvalue weighted by molar-refractivity contribution is 6.31. The summed E-state index contributed by atoms with van der Waals surface area (Å²) in [6.07, 6.45) is 3.65. The smallest absolute Gasteiger partial charge is 0.405 e. The number of benzene rings is 2. The molecule has 9 N–H and O–H groups in total. The van der Waals surface area contributed by atoms with Gasteiger partial charge in [-0.3, -0.25) is 14.4 Å². The van der Waals surface area contributed by atoms with Gasteiger partial charge < -0.3 is 55.9 Å². The lowest BCUT2D eigenvalue weighted by atomic mass is 9.72. The van der Waals surface area contributed by atoms with Gasteiger partial charge in [0.25, 0.3) is 0 Å². The van der Waals surface area contributed by atoms with Gasteiger partial charge in [-0.1, -0.05) is 24.6 Å². The highest BCUT2D eigenvalue weighted by atomic mass is 16.7. The Balaban J connectivity index is 0.000000357. The molecule has 0 bridgehead atoms. The van der Waals surface area contributed by atoms with Crippen LogP contribution in [-0.4, -0.2) is 98.9 Å². The first-order chi connectivity index (χ1) is 24.2. The van der Waals surface area contributed by atoms with Crippen LogP contribution >= 0.6 is 0 Å². The van der Waals surface area contributed by atoms with Crippen LogP contribution in [-0.2, 0) is 25.4 Å². The number of hydrogen-bond acceptors (Lipinski definition) is 14. The van der Waals surface area contributed by atoms with Gasteiger partial charge in [-0.05, 0) is 44.7 Å². The molecule has 2 aromatic rings. The Hall–Kier alpha value is -4.38. The Morgan fingerprint density at radius 2 is 1.78 bits per heavy atom. The maximum absolute atomic E-state index is 13.6. The molecule has 1 unspecified atom stereocenters. The SMILES string of the molecule is COc1cccc2c1C(=O)c1c(O)c3c(c(O)c1C2=O)C[C@@](O)(C(=O)CO)C[C@@H]3O[C@H]1C[C@H](N)[C@H](O)[C@H](C)O1.NC(=O)OC1/C=C\CCCCC1. The van der Waals surface area contributed by atoms with Crippen molar-refractivity contribution in [2.45, 2.75) is 101 Å². The summed E-state index contributed by atoms with van der Waals surface area (Å²) in [6, 6.07) is 3.64. The third kappa shape index (κ3) is 7.49. The molecule has 15 heteroatoms. The van der Waals surface area contributed by atoms with Crippen molar-refractivity contribution in [1.82, 2.24) is 0 Å². The van der Waals surface area contributed by atoms with E-state index < -0.39 is 102 Å². The molecule has 0 spiro atoms. The standard InChI is InChI=1S/C27H29NO11.C9H15NO2/c1-10-22(31)13(28)6-17(38-10)39-15-8-27(36,16(30)9-29)7-12-19(15)26(35)21-20(24(12)33)23(32)11-4-3-5-14(37-2)18(11)25(21)34;10-9(11)12-8-6-4-2-1-3-5-7-8/h3-5,10,13,15,17,22,29,31,33,35-36H,6-9,28H2,1-2H3;4,6,8H,1-3,5,7H2,(H2,10,11)/b;6-4-/t10-,13-,15-,17-,22+,27-;/m0./s1. The number of amides is 1. The fourth-order valence-corrected chi connectivity index (χ4v) is 7.13. The van der Waals surface area contributed by atoms with Crippen LogP contribution in [0.1, 0.15) is 101 Å². The van der Waals surface area contributed by atoms with Crippen LogP contribution in [0.2, 0.25) is 0 Å². The van der Waals surface area contributed by atoms with E-state index >= 15 is 0 Å². The van der Waals surface area contributed by atoms with E-state index in [2.05, 4.69) is 6.08 Å². The Kier molecular flexibility index (Phi) is 11.5. The summed E-state index contributed by atoms with van der Waals surface area (Å²) in [5, 5.41) is 53.7. The van der Waals surface area contributed by atoms with Crippen molar-refractivity contribution in [3.8, 4) is 17.2 Å². The molecule has 0 radical (unpaired) electrons. The van der Waals surface area contributed by atoms with Gasteiger partial charge in [-0.2, -0.15) is 0 Å². The van der Waals surface area contributed by atoms with Crippen LogP contribution in [0.3, 0.4) is 0 Å². The largest absolute Gasteiger partial charge is 0.507 e. The number of rotatable bonds is 6. The van der Waals surface area contributed by atoms with Gasteiger partial charge in [0, 0.05) is 42.0 Å². The van der Waals surface area contributed by atoms with E-state index in [4.69, 9.17) is 30.4 Å². The molecule has 1 saturated heterocycles. The molecule has 0 aromatic heterocycles. The second-order valence-electron chi connectivity index (χ2n) is 13.2. The van der Waals surface area contributed by atoms with E-state index in [9.17, 15) is 44.7 Å². The summed E-state index contributed by atoms with van der Waals surface area (Å²) in [4.78, 5) is 50.2. The van der Waals surface area contributed by atoms with E-state index in [0.717, 1.165) is 19.3 Å². The lowest BCUT2D eigenvalue weighted by Crippen LogP contribution is -2.53. The average molecular weight is 713 g/mol. The van der Waals surface area contributed by atoms with Crippen molar-refractivity contribution >= 4 is 23.4 Å².